The molecule has 0 saturated heterocycles. The van der Waals surface area contributed by atoms with Crippen LogP contribution in [0.5, 0.6) is 0 Å². The van der Waals surface area contributed by atoms with E-state index in [1.165, 1.54) is 0 Å². The predicted molar refractivity (Wildman–Crippen MR) is 39.0 cm³/mol. The zero-order chi connectivity index (χ0) is 10.3. The van der Waals surface area contributed by atoms with Gasteiger partial charge in [0.25, 0.3) is 0 Å². The fourth-order valence-corrected chi connectivity index (χ4v) is 0.470. The number of carbonyl (C=O) groups is 2. The highest BCUT2D eigenvalue weighted by molar-refractivity contribution is 5.73. The van der Waals surface area contributed by atoms with Gasteiger partial charge in [-0.05, 0) is 6.42 Å². The third-order valence-corrected chi connectivity index (χ3v) is 0.940. The molecule has 0 spiro atoms. The van der Waals surface area contributed by atoms with Crippen molar-refractivity contribution in [2.75, 3.05) is 6.54 Å². The SMILES string of the molecule is CCCC(=O)OOC(=O)C[N+](=O)[O-]. The van der Waals surface area contributed by atoms with Gasteiger partial charge in [-0.2, -0.15) is 0 Å². The van der Waals surface area contributed by atoms with Crippen LogP contribution in [0.1, 0.15) is 19.8 Å². The Morgan fingerprint density at radius 1 is 1.31 bits per heavy atom. The molecule has 13 heavy (non-hydrogen) atoms. The number of hydrogen-bond donors (Lipinski definition) is 0. The third-order valence-electron chi connectivity index (χ3n) is 0.940. The molecule has 0 atom stereocenters. The molecule has 0 unspecified atom stereocenters. The lowest BCUT2D eigenvalue weighted by molar-refractivity contribution is -0.473. The molecule has 0 amide bonds. The molecule has 0 aromatic carbocycles. The van der Waals surface area contributed by atoms with Gasteiger partial charge in [-0.15, -0.1) is 0 Å². The molecule has 0 radical (unpaired) electrons. The van der Waals surface area contributed by atoms with E-state index >= 15 is 0 Å². The quantitative estimate of drug-likeness (QED) is 0.354. The molecule has 74 valence electrons. The molecule has 0 aromatic heterocycles. The first-order valence-electron chi connectivity index (χ1n) is 3.58. The molecule has 0 aliphatic heterocycles. The molecule has 0 bridgehead atoms. The van der Waals surface area contributed by atoms with Crippen LogP contribution in [-0.2, 0) is 19.4 Å². The van der Waals surface area contributed by atoms with Crippen molar-refractivity contribution in [3.05, 3.63) is 10.1 Å². The van der Waals surface area contributed by atoms with Crippen LogP contribution < -0.4 is 0 Å². The van der Waals surface area contributed by atoms with E-state index in [1.807, 2.05) is 0 Å². The van der Waals surface area contributed by atoms with Crippen LogP contribution in [0.2, 0.25) is 0 Å². The van der Waals surface area contributed by atoms with Crippen molar-refractivity contribution in [1.29, 1.82) is 0 Å². The summed E-state index contributed by atoms with van der Waals surface area (Å²) in [6.07, 6.45) is 0.650. The molecule has 0 N–H and O–H groups in total. The lowest BCUT2D eigenvalue weighted by Gasteiger charge is -1.98. The molecular formula is C6H9NO6. The first kappa shape index (κ1) is 11.3. The van der Waals surface area contributed by atoms with Gasteiger partial charge in [0.2, 0.25) is 0 Å². The third kappa shape index (κ3) is 6.73. The van der Waals surface area contributed by atoms with Crippen LogP contribution in [0, 0.1) is 10.1 Å². The maximum absolute atomic E-state index is 10.6. The minimum absolute atomic E-state index is 0.103. The van der Waals surface area contributed by atoms with Crippen molar-refractivity contribution < 1.29 is 24.3 Å². The second kappa shape index (κ2) is 5.92. The summed E-state index contributed by atoms with van der Waals surface area (Å²) in [6, 6.07) is 0. The molecule has 7 nitrogen and oxygen atoms in total. The van der Waals surface area contributed by atoms with Gasteiger partial charge in [-0.3, -0.25) is 10.1 Å². The van der Waals surface area contributed by atoms with Crippen molar-refractivity contribution in [2.45, 2.75) is 19.8 Å². The number of carbonyl (C=O) groups excluding carboxylic acids is 2. The Bertz CT molecular complexity index is 213. The predicted octanol–water partition coefficient (Wildman–Crippen LogP) is 0.0646. The first-order chi connectivity index (χ1) is 6.06. The molecule has 0 saturated carbocycles. The maximum Gasteiger partial charge on any atom is 0.425 e. The molecule has 0 aromatic rings. The molecule has 0 fully saturated rings. The summed E-state index contributed by atoms with van der Waals surface area (Å²) in [6.45, 7) is 0.722. The van der Waals surface area contributed by atoms with Crippen LogP contribution >= 0.6 is 0 Å². The van der Waals surface area contributed by atoms with Gasteiger partial charge in [-0.1, -0.05) is 6.92 Å². The Morgan fingerprint density at radius 3 is 2.31 bits per heavy atom. The fourth-order valence-electron chi connectivity index (χ4n) is 0.470. The van der Waals surface area contributed by atoms with Gasteiger partial charge in [0, 0.05) is 11.3 Å². The van der Waals surface area contributed by atoms with Gasteiger partial charge in [0.05, 0.1) is 0 Å². The van der Waals surface area contributed by atoms with E-state index in [9.17, 15) is 19.7 Å². The van der Waals surface area contributed by atoms with Gasteiger partial charge >= 0.3 is 18.5 Å². The van der Waals surface area contributed by atoms with Gasteiger partial charge in [0.1, 0.15) is 0 Å². The van der Waals surface area contributed by atoms with E-state index in [1.54, 1.807) is 6.92 Å². The fraction of sp³-hybridized carbons (Fsp3) is 0.667. The first-order valence-corrected chi connectivity index (χ1v) is 3.58. The lowest BCUT2D eigenvalue weighted by Crippen LogP contribution is -2.18. The van der Waals surface area contributed by atoms with E-state index in [4.69, 9.17) is 0 Å². The average Bonchev–Trinajstić information content (AvgIpc) is 2.00. The maximum atomic E-state index is 10.6. The van der Waals surface area contributed by atoms with Crippen LogP contribution in [-0.4, -0.2) is 23.4 Å². The Hall–Kier alpha value is -1.66. The Balaban J connectivity index is 3.58. The van der Waals surface area contributed by atoms with Gasteiger partial charge in [-0.25, -0.2) is 19.4 Å². The summed E-state index contributed by atoms with van der Waals surface area (Å²) in [5.74, 6) is -1.92. The summed E-state index contributed by atoms with van der Waals surface area (Å²) in [5, 5.41) is 9.74. The van der Waals surface area contributed by atoms with Crippen LogP contribution in [0.3, 0.4) is 0 Å². The zero-order valence-corrected chi connectivity index (χ0v) is 7.02. The van der Waals surface area contributed by atoms with Crippen molar-refractivity contribution in [3.8, 4) is 0 Å². The van der Waals surface area contributed by atoms with E-state index in [0.717, 1.165) is 0 Å². The average molecular weight is 191 g/mol. The zero-order valence-electron chi connectivity index (χ0n) is 7.02. The van der Waals surface area contributed by atoms with E-state index in [0.29, 0.717) is 6.42 Å². The number of rotatable bonds is 4. The summed E-state index contributed by atoms with van der Waals surface area (Å²) in [7, 11) is 0. The highest BCUT2D eigenvalue weighted by Crippen LogP contribution is 1.92. The Morgan fingerprint density at radius 2 is 1.85 bits per heavy atom. The van der Waals surface area contributed by atoms with Gasteiger partial charge < -0.3 is 0 Å². The topological polar surface area (TPSA) is 95.7 Å². The largest absolute Gasteiger partial charge is 0.425 e. The summed E-state index contributed by atoms with van der Waals surface area (Å²) < 4.78 is 0. The minimum atomic E-state index is -1.20. The second-order valence-electron chi connectivity index (χ2n) is 2.15. The smallest absolute Gasteiger partial charge is 0.264 e. The summed E-state index contributed by atoms with van der Waals surface area (Å²) >= 11 is 0. The normalized spacial score (nSPS) is 9.00. The summed E-state index contributed by atoms with van der Waals surface area (Å²) in [4.78, 5) is 37.6. The monoisotopic (exact) mass is 191 g/mol. The molecule has 0 aliphatic rings. The molecular weight excluding hydrogens is 182 g/mol. The van der Waals surface area contributed by atoms with E-state index in [2.05, 4.69) is 9.78 Å². The molecule has 7 heteroatoms. The van der Waals surface area contributed by atoms with Crippen LogP contribution in [0.25, 0.3) is 0 Å². The number of nitrogens with zero attached hydrogens (tertiary/aromatic N) is 1. The van der Waals surface area contributed by atoms with Crippen molar-refractivity contribution in [3.63, 3.8) is 0 Å². The highest BCUT2D eigenvalue weighted by atomic mass is 17.2. The minimum Gasteiger partial charge on any atom is -0.264 e. The number of nitro groups is 1. The summed E-state index contributed by atoms with van der Waals surface area (Å²) in [5.41, 5.74) is 0. The van der Waals surface area contributed by atoms with Crippen LogP contribution in [0.15, 0.2) is 0 Å². The number of hydrogen-bond acceptors (Lipinski definition) is 6. The molecule has 0 rings (SSSR count). The van der Waals surface area contributed by atoms with Crippen LogP contribution in [0.4, 0.5) is 0 Å². The van der Waals surface area contributed by atoms with Gasteiger partial charge in [0.15, 0.2) is 0 Å². The second-order valence-corrected chi connectivity index (χ2v) is 2.15. The van der Waals surface area contributed by atoms with Crippen molar-refractivity contribution in [2.24, 2.45) is 0 Å². The molecule has 0 aliphatic carbocycles. The van der Waals surface area contributed by atoms with Crippen molar-refractivity contribution >= 4 is 11.9 Å². The van der Waals surface area contributed by atoms with E-state index < -0.39 is 23.4 Å². The Kier molecular flexibility index (Phi) is 5.17. The standard InChI is InChI=1S/C6H9NO6/c1-2-3-5(8)12-13-6(9)4-7(10)11/h2-4H2,1H3. The lowest BCUT2D eigenvalue weighted by atomic mass is 10.3. The Labute approximate surface area is 73.7 Å². The van der Waals surface area contributed by atoms with Crippen molar-refractivity contribution in [1.82, 2.24) is 0 Å². The highest BCUT2D eigenvalue weighted by Gasteiger charge is 2.14. The van der Waals surface area contributed by atoms with E-state index in [-0.39, 0.29) is 6.42 Å². The molecule has 0 heterocycles.